The van der Waals surface area contributed by atoms with Gasteiger partial charge in [0, 0.05) is 55.9 Å². The fraction of sp³-hybridized carbons (Fsp3) is 0.476. The third-order valence-corrected chi connectivity index (χ3v) is 5.74. The summed E-state index contributed by atoms with van der Waals surface area (Å²) in [6.07, 6.45) is 5.27. The number of aromatic nitrogens is 4. The maximum absolute atomic E-state index is 4.52. The lowest BCUT2D eigenvalue weighted by atomic mass is 10.2. The van der Waals surface area contributed by atoms with Crippen molar-refractivity contribution in [1.29, 1.82) is 0 Å². The maximum atomic E-state index is 4.52. The molecule has 0 bridgehead atoms. The molecule has 7 heteroatoms. The zero-order valence-corrected chi connectivity index (χ0v) is 16.4. The van der Waals surface area contributed by atoms with Gasteiger partial charge >= 0.3 is 0 Å². The van der Waals surface area contributed by atoms with Gasteiger partial charge in [-0.1, -0.05) is 13.0 Å². The highest BCUT2D eigenvalue weighted by Crippen LogP contribution is 2.30. The Hall–Kier alpha value is -2.67. The van der Waals surface area contributed by atoms with Crippen LogP contribution in [0.25, 0.3) is 5.78 Å². The lowest BCUT2D eigenvalue weighted by Crippen LogP contribution is -2.47. The first-order chi connectivity index (χ1) is 13.8. The molecule has 2 aromatic heterocycles. The van der Waals surface area contributed by atoms with Crippen LogP contribution in [0.3, 0.4) is 0 Å². The molecule has 1 aliphatic heterocycles. The van der Waals surface area contributed by atoms with Crippen LogP contribution >= 0.6 is 0 Å². The number of anilines is 3. The highest BCUT2D eigenvalue weighted by Gasteiger charge is 2.26. The number of rotatable bonds is 6. The van der Waals surface area contributed by atoms with E-state index in [1.807, 2.05) is 6.07 Å². The molecule has 0 unspecified atom stereocenters. The number of nitrogens with one attached hydrogen (secondary N) is 1. The maximum Gasteiger partial charge on any atom is 0.254 e. The average molecular weight is 377 g/mol. The third-order valence-electron chi connectivity index (χ3n) is 5.74. The Morgan fingerprint density at radius 1 is 1.11 bits per heavy atom. The average Bonchev–Trinajstić information content (AvgIpc) is 3.41. The zero-order chi connectivity index (χ0) is 18.9. The minimum atomic E-state index is 0.629. The van der Waals surface area contributed by atoms with Crippen molar-refractivity contribution in [3.05, 3.63) is 42.4 Å². The van der Waals surface area contributed by atoms with E-state index in [4.69, 9.17) is 0 Å². The molecule has 7 nitrogen and oxygen atoms in total. The number of hydrogen-bond donors (Lipinski definition) is 1. The number of piperazine rings is 1. The Bertz CT molecular complexity index is 954. The van der Waals surface area contributed by atoms with E-state index >= 15 is 0 Å². The first-order valence-electron chi connectivity index (χ1n) is 10.3. The van der Waals surface area contributed by atoms with Crippen molar-refractivity contribution < 1.29 is 0 Å². The quantitative estimate of drug-likeness (QED) is 0.713. The third kappa shape index (κ3) is 3.67. The summed E-state index contributed by atoms with van der Waals surface area (Å²) < 4.78 is 1.75. The number of fused-ring (bicyclic) bond motifs is 1. The molecule has 1 aliphatic carbocycles. The molecule has 1 saturated heterocycles. The normalized spacial score (nSPS) is 18.0. The van der Waals surface area contributed by atoms with E-state index in [1.165, 1.54) is 25.1 Å². The van der Waals surface area contributed by atoms with Crippen LogP contribution in [0.1, 0.15) is 25.5 Å². The van der Waals surface area contributed by atoms with Gasteiger partial charge in [0.15, 0.2) is 0 Å². The van der Waals surface area contributed by atoms with Crippen LogP contribution in [-0.4, -0.2) is 57.2 Å². The molecule has 5 rings (SSSR count). The molecule has 1 saturated carbocycles. The van der Waals surface area contributed by atoms with Crippen molar-refractivity contribution in [3.8, 4) is 0 Å². The van der Waals surface area contributed by atoms with Crippen molar-refractivity contribution in [1.82, 2.24) is 24.5 Å². The second-order valence-electron chi connectivity index (χ2n) is 7.86. The summed E-state index contributed by atoms with van der Waals surface area (Å²) in [6.45, 7) is 7.92. The molecule has 0 spiro atoms. The topological polar surface area (TPSA) is 61.6 Å². The van der Waals surface area contributed by atoms with Gasteiger partial charge in [-0.05, 0) is 43.4 Å². The van der Waals surface area contributed by atoms with Gasteiger partial charge in [-0.2, -0.15) is 14.6 Å². The van der Waals surface area contributed by atoms with E-state index < -0.39 is 0 Å². The summed E-state index contributed by atoms with van der Waals surface area (Å²) in [4.78, 5) is 13.9. The highest BCUT2D eigenvalue weighted by atomic mass is 15.4. The Morgan fingerprint density at radius 3 is 2.75 bits per heavy atom. The molecule has 0 radical (unpaired) electrons. The fourth-order valence-electron chi connectivity index (χ4n) is 3.91. The monoisotopic (exact) mass is 377 g/mol. The van der Waals surface area contributed by atoms with E-state index in [2.05, 4.69) is 61.4 Å². The van der Waals surface area contributed by atoms with Gasteiger partial charge in [-0.3, -0.25) is 4.90 Å². The SMILES string of the molecule is CCc1cc(Nc2cccc(N3CCN(CC4CC4)CC3)c2)n2ncnc2n1. The number of nitrogens with zero attached hydrogens (tertiary/aromatic N) is 6. The summed E-state index contributed by atoms with van der Waals surface area (Å²) in [7, 11) is 0. The van der Waals surface area contributed by atoms with Gasteiger partial charge in [0.05, 0.1) is 0 Å². The summed E-state index contributed by atoms with van der Waals surface area (Å²) in [5.41, 5.74) is 3.34. The summed E-state index contributed by atoms with van der Waals surface area (Å²) in [5.74, 6) is 2.50. The Morgan fingerprint density at radius 2 is 1.96 bits per heavy atom. The first-order valence-corrected chi connectivity index (χ1v) is 10.3. The fourth-order valence-corrected chi connectivity index (χ4v) is 3.91. The lowest BCUT2D eigenvalue weighted by Gasteiger charge is -2.36. The summed E-state index contributed by atoms with van der Waals surface area (Å²) in [5, 5.41) is 7.82. The predicted octanol–water partition coefficient (Wildman–Crippen LogP) is 2.96. The highest BCUT2D eigenvalue weighted by molar-refractivity contribution is 5.64. The minimum Gasteiger partial charge on any atom is -0.369 e. The largest absolute Gasteiger partial charge is 0.369 e. The molecule has 3 heterocycles. The van der Waals surface area contributed by atoms with Crippen LogP contribution in [0.4, 0.5) is 17.2 Å². The van der Waals surface area contributed by atoms with Crippen molar-refractivity contribution in [3.63, 3.8) is 0 Å². The van der Waals surface area contributed by atoms with Crippen molar-refractivity contribution in [2.24, 2.45) is 5.92 Å². The number of aryl methyl sites for hydroxylation is 1. The molecule has 2 fully saturated rings. The van der Waals surface area contributed by atoms with Gasteiger partial charge < -0.3 is 10.2 Å². The van der Waals surface area contributed by atoms with Crippen LogP contribution < -0.4 is 10.2 Å². The van der Waals surface area contributed by atoms with E-state index in [9.17, 15) is 0 Å². The van der Waals surface area contributed by atoms with Crippen LogP contribution in [0, 0.1) is 5.92 Å². The van der Waals surface area contributed by atoms with Gasteiger partial charge in [0.2, 0.25) is 0 Å². The Labute approximate surface area is 165 Å². The van der Waals surface area contributed by atoms with Crippen LogP contribution in [0.2, 0.25) is 0 Å². The minimum absolute atomic E-state index is 0.629. The van der Waals surface area contributed by atoms with Crippen LogP contribution in [-0.2, 0) is 6.42 Å². The molecule has 1 N–H and O–H groups in total. The van der Waals surface area contributed by atoms with Crippen LogP contribution in [0.5, 0.6) is 0 Å². The Kier molecular flexibility index (Phi) is 4.60. The molecule has 3 aromatic rings. The molecule has 1 aromatic carbocycles. The molecule has 146 valence electrons. The molecule has 2 aliphatic rings. The van der Waals surface area contributed by atoms with Gasteiger partial charge in [0.25, 0.3) is 5.78 Å². The molecular formula is C21H27N7. The predicted molar refractivity (Wildman–Crippen MR) is 111 cm³/mol. The number of hydrogen-bond acceptors (Lipinski definition) is 6. The zero-order valence-electron chi connectivity index (χ0n) is 16.4. The van der Waals surface area contributed by atoms with Crippen molar-refractivity contribution in [2.75, 3.05) is 42.9 Å². The molecule has 28 heavy (non-hydrogen) atoms. The van der Waals surface area contributed by atoms with E-state index in [-0.39, 0.29) is 0 Å². The van der Waals surface area contributed by atoms with Crippen molar-refractivity contribution in [2.45, 2.75) is 26.2 Å². The van der Waals surface area contributed by atoms with Crippen molar-refractivity contribution >= 4 is 23.0 Å². The van der Waals surface area contributed by atoms with Gasteiger partial charge in [0.1, 0.15) is 12.1 Å². The van der Waals surface area contributed by atoms with Crippen LogP contribution in [0.15, 0.2) is 36.7 Å². The first kappa shape index (κ1) is 17.4. The molecule has 0 amide bonds. The standard InChI is InChI=1S/C21H27N7/c1-2-17-13-20(28-21(25-17)22-15-23-28)24-18-4-3-5-19(12-18)27-10-8-26(9-11-27)14-16-6-7-16/h3-5,12-13,15-16,24H,2,6-11,14H2,1H3. The Balaban J connectivity index is 1.32. The smallest absolute Gasteiger partial charge is 0.254 e. The second-order valence-corrected chi connectivity index (χ2v) is 7.86. The second kappa shape index (κ2) is 7.39. The summed E-state index contributed by atoms with van der Waals surface area (Å²) >= 11 is 0. The molecule has 0 atom stereocenters. The molecular weight excluding hydrogens is 350 g/mol. The lowest BCUT2D eigenvalue weighted by molar-refractivity contribution is 0.248. The van der Waals surface area contributed by atoms with Gasteiger partial charge in [-0.15, -0.1) is 0 Å². The van der Waals surface area contributed by atoms with Gasteiger partial charge in [-0.25, -0.2) is 4.98 Å². The summed E-state index contributed by atoms with van der Waals surface area (Å²) in [6, 6.07) is 10.7. The van der Waals surface area contributed by atoms with E-state index in [0.717, 1.165) is 55.7 Å². The van der Waals surface area contributed by atoms with E-state index in [1.54, 1.807) is 10.8 Å². The number of benzene rings is 1. The van der Waals surface area contributed by atoms with E-state index in [0.29, 0.717) is 5.78 Å².